The quantitative estimate of drug-likeness (QED) is 0.927. The Kier molecular flexibility index (Phi) is 4.33. The number of halogens is 3. The van der Waals surface area contributed by atoms with Crippen molar-refractivity contribution in [3.63, 3.8) is 0 Å². The molecule has 0 unspecified atom stereocenters. The maximum Gasteiger partial charge on any atom is 0.416 e. The average molecular weight is 329 g/mol. The van der Waals surface area contributed by atoms with E-state index in [2.05, 4.69) is 5.32 Å². The van der Waals surface area contributed by atoms with Crippen LogP contribution in [0.3, 0.4) is 0 Å². The molecule has 126 valence electrons. The van der Waals surface area contributed by atoms with Crippen molar-refractivity contribution in [1.29, 1.82) is 0 Å². The minimum atomic E-state index is -4.40. The van der Waals surface area contributed by atoms with Gasteiger partial charge in [-0.15, -0.1) is 0 Å². The van der Waals surface area contributed by atoms with Gasteiger partial charge in [0, 0.05) is 24.9 Å². The summed E-state index contributed by atoms with van der Waals surface area (Å²) < 4.78 is 49.0. The van der Waals surface area contributed by atoms with Crippen molar-refractivity contribution >= 4 is 5.91 Å². The van der Waals surface area contributed by atoms with Gasteiger partial charge in [0.2, 0.25) is 0 Å². The summed E-state index contributed by atoms with van der Waals surface area (Å²) in [4.78, 5) is 12.0. The molecule has 1 heterocycles. The van der Waals surface area contributed by atoms with Gasteiger partial charge in [0.25, 0.3) is 5.91 Å². The number of ether oxygens (including phenoxy) is 2. The fourth-order valence-corrected chi connectivity index (χ4v) is 3.01. The Morgan fingerprint density at radius 2 is 1.87 bits per heavy atom. The monoisotopic (exact) mass is 329 g/mol. The zero-order chi connectivity index (χ0) is 16.5. The molecule has 1 aliphatic heterocycles. The lowest BCUT2D eigenvalue weighted by molar-refractivity contribution is -0.161. The van der Waals surface area contributed by atoms with E-state index in [1.165, 1.54) is 12.1 Å². The van der Waals surface area contributed by atoms with Crippen LogP contribution in [-0.4, -0.2) is 30.9 Å². The highest BCUT2D eigenvalue weighted by molar-refractivity contribution is 5.94. The highest BCUT2D eigenvalue weighted by atomic mass is 19.4. The Hall–Kier alpha value is -1.60. The number of alkyl halides is 3. The molecule has 1 atom stereocenters. The first-order chi connectivity index (χ1) is 10.9. The van der Waals surface area contributed by atoms with Gasteiger partial charge in [-0.25, -0.2) is 0 Å². The lowest BCUT2D eigenvalue weighted by Crippen LogP contribution is -2.35. The SMILES string of the molecule is O=C(NC[C@@H]1COC2(CCCC2)O1)c1ccc(C(F)(F)F)cc1. The summed E-state index contributed by atoms with van der Waals surface area (Å²) >= 11 is 0. The number of hydrogen-bond acceptors (Lipinski definition) is 3. The Balaban J connectivity index is 1.52. The smallest absolute Gasteiger partial charge is 0.349 e. The second-order valence-corrected chi connectivity index (χ2v) is 5.95. The van der Waals surface area contributed by atoms with Gasteiger partial charge in [-0.2, -0.15) is 13.2 Å². The van der Waals surface area contributed by atoms with Crippen LogP contribution in [0.5, 0.6) is 0 Å². The molecule has 1 saturated heterocycles. The van der Waals surface area contributed by atoms with Crippen LogP contribution in [0.4, 0.5) is 13.2 Å². The Bertz CT molecular complexity index is 565. The first-order valence-electron chi connectivity index (χ1n) is 7.65. The molecule has 4 nitrogen and oxygen atoms in total. The second-order valence-electron chi connectivity index (χ2n) is 5.95. The largest absolute Gasteiger partial charge is 0.416 e. The molecular formula is C16H18F3NO3. The van der Waals surface area contributed by atoms with E-state index in [9.17, 15) is 18.0 Å². The van der Waals surface area contributed by atoms with Crippen LogP contribution in [0.15, 0.2) is 24.3 Å². The molecule has 0 radical (unpaired) electrons. The highest BCUT2D eigenvalue weighted by Gasteiger charge is 2.43. The molecule has 0 bridgehead atoms. The van der Waals surface area contributed by atoms with Crippen LogP contribution in [0.1, 0.15) is 41.6 Å². The maximum absolute atomic E-state index is 12.5. The normalized spacial score (nSPS) is 23.3. The fraction of sp³-hybridized carbons (Fsp3) is 0.562. The molecule has 1 spiro atoms. The zero-order valence-corrected chi connectivity index (χ0v) is 12.5. The Morgan fingerprint density at radius 1 is 1.22 bits per heavy atom. The molecule has 1 saturated carbocycles. The van der Waals surface area contributed by atoms with Gasteiger partial charge in [0.05, 0.1) is 12.2 Å². The van der Waals surface area contributed by atoms with E-state index in [0.717, 1.165) is 37.8 Å². The predicted octanol–water partition coefficient (Wildman–Crippen LogP) is 3.12. The minimum Gasteiger partial charge on any atom is -0.349 e. The molecule has 1 N–H and O–H groups in total. The zero-order valence-electron chi connectivity index (χ0n) is 12.5. The Labute approximate surface area is 132 Å². The molecule has 23 heavy (non-hydrogen) atoms. The second kappa shape index (κ2) is 6.13. The third kappa shape index (κ3) is 3.67. The molecule has 3 rings (SSSR count). The lowest BCUT2D eigenvalue weighted by Gasteiger charge is -2.21. The molecule has 2 fully saturated rings. The lowest BCUT2D eigenvalue weighted by atomic mass is 10.1. The first-order valence-corrected chi connectivity index (χ1v) is 7.65. The number of carbonyl (C=O) groups is 1. The van der Waals surface area contributed by atoms with Gasteiger partial charge < -0.3 is 14.8 Å². The van der Waals surface area contributed by atoms with Gasteiger partial charge in [-0.1, -0.05) is 0 Å². The third-order valence-electron chi connectivity index (χ3n) is 4.24. The van der Waals surface area contributed by atoms with E-state index in [0.29, 0.717) is 6.61 Å². The number of nitrogens with one attached hydrogen (secondary N) is 1. The van der Waals surface area contributed by atoms with E-state index in [-0.39, 0.29) is 18.2 Å². The van der Waals surface area contributed by atoms with Crippen LogP contribution < -0.4 is 5.32 Å². The Morgan fingerprint density at radius 3 is 2.48 bits per heavy atom. The average Bonchev–Trinajstić information content (AvgIpc) is 3.14. The predicted molar refractivity (Wildman–Crippen MR) is 75.8 cm³/mol. The van der Waals surface area contributed by atoms with E-state index in [1.54, 1.807) is 0 Å². The summed E-state index contributed by atoms with van der Waals surface area (Å²) in [5.74, 6) is -0.904. The van der Waals surface area contributed by atoms with Crippen LogP contribution >= 0.6 is 0 Å². The van der Waals surface area contributed by atoms with Gasteiger partial charge in [0.15, 0.2) is 5.79 Å². The number of hydrogen-bond donors (Lipinski definition) is 1. The van der Waals surface area contributed by atoms with E-state index in [1.807, 2.05) is 0 Å². The van der Waals surface area contributed by atoms with Crippen molar-refractivity contribution in [3.05, 3.63) is 35.4 Å². The van der Waals surface area contributed by atoms with E-state index in [4.69, 9.17) is 9.47 Å². The number of amides is 1. The van der Waals surface area contributed by atoms with E-state index < -0.39 is 23.4 Å². The molecule has 1 aromatic rings. The molecule has 7 heteroatoms. The van der Waals surface area contributed by atoms with Crippen LogP contribution in [-0.2, 0) is 15.7 Å². The summed E-state index contributed by atoms with van der Waals surface area (Å²) in [6, 6.07) is 4.14. The molecule has 1 amide bonds. The van der Waals surface area contributed by atoms with Crippen molar-refractivity contribution in [3.8, 4) is 0 Å². The molecule has 2 aliphatic rings. The number of benzene rings is 1. The standard InChI is InChI=1S/C16H18F3NO3/c17-16(18,19)12-5-3-11(4-6-12)14(21)20-9-13-10-22-15(23-13)7-1-2-8-15/h3-6,13H,1-2,7-10H2,(H,20,21)/t13-/m1/s1. The van der Waals surface area contributed by atoms with Crippen molar-refractivity contribution in [2.45, 2.75) is 43.8 Å². The number of rotatable bonds is 3. The van der Waals surface area contributed by atoms with E-state index >= 15 is 0 Å². The summed E-state index contributed by atoms with van der Waals surface area (Å²) in [6.07, 6.45) is -0.729. The summed E-state index contributed by atoms with van der Waals surface area (Å²) in [6.45, 7) is 0.703. The minimum absolute atomic E-state index is 0.187. The number of carbonyl (C=O) groups excluding carboxylic acids is 1. The van der Waals surface area contributed by atoms with Crippen LogP contribution in [0.25, 0.3) is 0 Å². The van der Waals surface area contributed by atoms with Gasteiger partial charge in [0.1, 0.15) is 6.10 Å². The van der Waals surface area contributed by atoms with Crippen molar-refractivity contribution in [2.75, 3.05) is 13.2 Å². The maximum atomic E-state index is 12.5. The van der Waals surface area contributed by atoms with Crippen molar-refractivity contribution < 1.29 is 27.4 Å². The van der Waals surface area contributed by atoms with Crippen LogP contribution in [0, 0.1) is 0 Å². The molecule has 1 aromatic carbocycles. The summed E-state index contributed by atoms with van der Waals surface area (Å²) in [5.41, 5.74) is -0.586. The van der Waals surface area contributed by atoms with Crippen molar-refractivity contribution in [1.82, 2.24) is 5.32 Å². The topological polar surface area (TPSA) is 47.6 Å². The summed E-state index contributed by atoms with van der Waals surface area (Å²) in [7, 11) is 0. The molecule has 0 aromatic heterocycles. The van der Waals surface area contributed by atoms with Gasteiger partial charge in [-0.05, 0) is 37.1 Å². The summed E-state index contributed by atoms with van der Waals surface area (Å²) in [5, 5.41) is 2.68. The fourth-order valence-electron chi connectivity index (χ4n) is 3.01. The first kappa shape index (κ1) is 16.3. The van der Waals surface area contributed by atoms with Crippen LogP contribution in [0.2, 0.25) is 0 Å². The van der Waals surface area contributed by atoms with Gasteiger partial charge in [-0.3, -0.25) is 4.79 Å². The molecule has 1 aliphatic carbocycles. The highest BCUT2D eigenvalue weighted by Crippen LogP contribution is 2.39. The van der Waals surface area contributed by atoms with Crippen molar-refractivity contribution in [2.24, 2.45) is 0 Å². The van der Waals surface area contributed by atoms with Gasteiger partial charge >= 0.3 is 6.18 Å². The molecular weight excluding hydrogens is 311 g/mol. The third-order valence-corrected chi connectivity index (χ3v) is 4.24.